The standard InChI is InChI=1S/C82H160O17P2/c1-7-10-12-14-16-18-19-36-42-48-54-60-66-81(86)98-77(70-92-79(84)64-58-52-46-17-15-13-11-8-2)72-96-100(88,89)94-68-76(83)69-95-101(90,91)97-73-78(71-93-80(85)65-59-53-47-41-37-32-28-25-24-26-30-34-39-44-50-56-62-74(4)5)99-82(87)67-61-55-49-43-38-33-29-23-21-20-22-27-31-35-40-45-51-57-63-75(6)9-3/h74-78,83H,7-73H2,1-6H3,(H,88,89)(H,90,91)/t75?,76-,77+,78+/m0/s1. The quantitative estimate of drug-likeness (QED) is 0.0222. The van der Waals surface area contributed by atoms with Gasteiger partial charge < -0.3 is 33.8 Å². The Labute approximate surface area is 619 Å². The second-order valence-corrected chi connectivity index (χ2v) is 33.1. The van der Waals surface area contributed by atoms with E-state index in [1.165, 1.54) is 244 Å². The van der Waals surface area contributed by atoms with Gasteiger partial charge >= 0.3 is 39.5 Å². The third-order valence-electron chi connectivity index (χ3n) is 19.6. The zero-order chi connectivity index (χ0) is 74.2. The smallest absolute Gasteiger partial charge is 0.462 e. The lowest BCUT2D eigenvalue weighted by Gasteiger charge is -2.21. The molecule has 0 saturated carbocycles. The molecule has 0 aromatic rings. The van der Waals surface area contributed by atoms with E-state index in [1.54, 1.807) is 0 Å². The summed E-state index contributed by atoms with van der Waals surface area (Å²) in [6, 6.07) is 0. The molecule has 3 N–H and O–H groups in total. The summed E-state index contributed by atoms with van der Waals surface area (Å²) in [5.41, 5.74) is 0. The van der Waals surface area contributed by atoms with E-state index in [-0.39, 0.29) is 25.7 Å². The molecule has 0 aliphatic carbocycles. The van der Waals surface area contributed by atoms with E-state index >= 15 is 0 Å². The molecular weight excluding hydrogens is 1320 g/mol. The van der Waals surface area contributed by atoms with Crippen LogP contribution < -0.4 is 0 Å². The van der Waals surface area contributed by atoms with Crippen molar-refractivity contribution in [3.05, 3.63) is 0 Å². The molecule has 0 fully saturated rings. The summed E-state index contributed by atoms with van der Waals surface area (Å²) in [5.74, 6) is -0.426. The molecule has 6 atom stereocenters. The average Bonchev–Trinajstić information content (AvgIpc) is 0.957. The SMILES string of the molecule is CCCCCCCCCCCCCCC(=O)O[C@H](COC(=O)CCCCCCCCCC)COP(=O)(O)OC[C@H](O)COP(=O)(O)OC[C@@H](COC(=O)CCCCCCCCCCCCCCCCCCC(C)C)OC(=O)CCCCCCCCCCCCCCCCCCCCC(C)CC. The minimum Gasteiger partial charge on any atom is -0.462 e. The van der Waals surface area contributed by atoms with Crippen LogP contribution in [0.3, 0.4) is 0 Å². The van der Waals surface area contributed by atoms with E-state index in [9.17, 15) is 43.2 Å². The maximum atomic E-state index is 13.1. The first-order valence-electron chi connectivity index (χ1n) is 42.5. The first kappa shape index (κ1) is 99.1. The topological polar surface area (TPSA) is 237 Å². The fourth-order valence-corrected chi connectivity index (χ4v) is 14.3. The molecule has 0 aliphatic heterocycles. The lowest BCUT2D eigenvalue weighted by molar-refractivity contribution is -0.161. The van der Waals surface area contributed by atoms with Crippen molar-refractivity contribution in [1.29, 1.82) is 0 Å². The molecule has 101 heavy (non-hydrogen) atoms. The number of hydrogen-bond acceptors (Lipinski definition) is 15. The van der Waals surface area contributed by atoms with E-state index in [0.717, 1.165) is 108 Å². The molecule has 0 aliphatic rings. The Morgan fingerprint density at radius 1 is 0.287 bits per heavy atom. The summed E-state index contributed by atoms with van der Waals surface area (Å²) in [6.45, 7) is 9.71. The van der Waals surface area contributed by atoms with Crippen molar-refractivity contribution in [3.63, 3.8) is 0 Å². The fraction of sp³-hybridized carbons (Fsp3) is 0.951. The first-order chi connectivity index (χ1) is 48.9. The minimum absolute atomic E-state index is 0.107. The van der Waals surface area contributed by atoms with Crippen LogP contribution >= 0.6 is 15.6 Å². The number of rotatable bonds is 81. The van der Waals surface area contributed by atoms with Crippen molar-refractivity contribution in [2.24, 2.45) is 11.8 Å². The van der Waals surface area contributed by atoms with Crippen molar-refractivity contribution in [1.82, 2.24) is 0 Å². The summed E-state index contributed by atoms with van der Waals surface area (Å²) in [5, 5.41) is 10.6. The molecule has 0 spiro atoms. The molecule has 19 heteroatoms. The highest BCUT2D eigenvalue weighted by atomic mass is 31.2. The monoisotopic (exact) mass is 1480 g/mol. The third kappa shape index (κ3) is 74.7. The van der Waals surface area contributed by atoms with Gasteiger partial charge in [-0.1, -0.05) is 382 Å². The molecule has 0 rings (SSSR count). The number of aliphatic hydroxyl groups is 1. The molecule has 0 radical (unpaired) electrons. The Balaban J connectivity index is 5.17. The van der Waals surface area contributed by atoms with Crippen LogP contribution in [0, 0.1) is 11.8 Å². The average molecular weight is 1480 g/mol. The zero-order valence-electron chi connectivity index (χ0n) is 66.2. The van der Waals surface area contributed by atoms with Gasteiger partial charge in [0.15, 0.2) is 12.2 Å². The molecule has 3 unspecified atom stereocenters. The number of unbranched alkanes of at least 4 members (excludes halogenated alkanes) is 50. The van der Waals surface area contributed by atoms with E-state index in [1.807, 2.05) is 0 Å². The summed E-state index contributed by atoms with van der Waals surface area (Å²) >= 11 is 0. The number of carbonyl (C=O) groups excluding carboxylic acids is 4. The number of esters is 4. The molecule has 0 saturated heterocycles. The van der Waals surface area contributed by atoms with Gasteiger partial charge in [0.2, 0.25) is 0 Å². The highest BCUT2D eigenvalue weighted by Gasteiger charge is 2.30. The van der Waals surface area contributed by atoms with Gasteiger partial charge in [-0.15, -0.1) is 0 Å². The van der Waals surface area contributed by atoms with Crippen LogP contribution in [0.15, 0.2) is 0 Å². The number of carbonyl (C=O) groups is 4. The van der Waals surface area contributed by atoms with Gasteiger partial charge in [0, 0.05) is 25.7 Å². The Morgan fingerprint density at radius 2 is 0.505 bits per heavy atom. The van der Waals surface area contributed by atoms with E-state index in [0.29, 0.717) is 25.7 Å². The van der Waals surface area contributed by atoms with Gasteiger partial charge in [-0.2, -0.15) is 0 Å². The highest BCUT2D eigenvalue weighted by molar-refractivity contribution is 7.47. The van der Waals surface area contributed by atoms with E-state index in [2.05, 4.69) is 41.5 Å². The summed E-state index contributed by atoms with van der Waals surface area (Å²) in [6.07, 6.45) is 63.9. The van der Waals surface area contributed by atoms with Crippen LogP contribution in [0.5, 0.6) is 0 Å². The second-order valence-electron chi connectivity index (χ2n) is 30.2. The van der Waals surface area contributed by atoms with Crippen molar-refractivity contribution >= 4 is 39.5 Å². The largest absolute Gasteiger partial charge is 0.472 e. The normalized spacial score (nSPS) is 14.2. The number of ether oxygens (including phenoxy) is 4. The summed E-state index contributed by atoms with van der Waals surface area (Å²) in [4.78, 5) is 72.9. The number of aliphatic hydroxyl groups excluding tert-OH is 1. The first-order valence-corrected chi connectivity index (χ1v) is 45.5. The second kappa shape index (κ2) is 73.6. The maximum absolute atomic E-state index is 13.1. The van der Waals surface area contributed by atoms with Crippen molar-refractivity contribution in [2.45, 2.75) is 452 Å². The fourth-order valence-electron chi connectivity index (χ4n) is 12.7. The third-order valence-corrected chi connectivity index (χ3v) is 21.5. The predicted octanol–water partition coefficient (Wildman–Crippen LogP) is 24.7. The van der Waals surface area contributed by atoms with E-state index < -0.39 is 97.5 Å². The van der Waals surface area contributed by atoms with Gasteiger partial charge in [-0.25, -0.2) is 9.13 Å². The van der Waals surface area contributed by atoms with Crippen LogP contribution in [0.4, 0.5) is 0 Å². The highest BCUT2D eigenvalue weighted by Crippen LogP contribution is 2.45. The number of phosphoric ester groups is 2. The molecule has 600 valence electrons. The van der Waals surface area contributed by atoms with Crippen LogP contribution in [-0.2, 0) is 65.4 Å². The minimum atomic E-state index is -4.96. The number of hydrogen-bond donors (Lipinski definition) is 3. The van der Waals surface area contributed by atoms with Crippen LogP contribution in [0.25, 0.3) is 0 Å². The summed E-state index contributed by atoms with van der Waals surface area (Å²) < 4.78 is 68.6. The van der Waals surface area contributed by atoms with Gasteiger partial charge in [0.25, 0.3) is 0 Å². The Morgan fingerprint density at radius 3 is 0.752 bits per heavy atom. The van der Waals surface area contributed by atoms with Gasteiger partial charge in [-0.3, -0.25) is 37.3 Å². The Hall–Kier alpha value is -1.94. The maximum Gasteiger partial charge on any atom is 0.472 e. The molecular formula is C82H160O17P2. The van der Waals surface area contributed by atoms with Crippen molar-refractivity contribution in [2.75, 3.05) is 39.6 Å². The van der Waals surface area contributed by atoms with Crippen molar-refractivity contribution < 1.29 is 80.2 Å². The van der Waals surface area contributed by atoms with Crippen molar-refractivity contribution in [3.8, 4) is 0 Å². The van der Waals surface area contributed by atoms with Gasteiger partial charge in [-0.05, 0) is 37.5 Å². The Bertz CT molecular complexity index is 1940. The Kier molecular flexibility index (Phi) is 72.2. The van der Waals surface area contributed by atoms with Gasteiger partial charge in [0.05, 0.1) is 26.4 Å². The summed E-state index contributed by atoms with van der Waals surface area (Å²) in [7, 11) is -9.91. The predicted molar refractivity (Wildman–Crippen MR) is 414 cm³/mol. The molecule has 0 aromatic heterocycles. The number of phosphoric acid groups is 2. The lowest BCUT2D eigenvalue weighted by Crippen LogP contribution is -2.30. The molecule has 0 bridgehead atoms. The van der Waals surface area contributed by atoms with Crippen LogP contribution in [0.1, 0.15) is 433 Å². The zero-order valence-corrected chi connectivity index (χ0v) is 68.0. The lowest BCUT2D eigenvalue weighted by atomic mass is 9.99. The molecule has 0 amide bonds. The van der Waals surface area contributed by atoms with Crippen LogP contribution in [-0.4, -0.2) is 96.7 Å². The van der Waals surface area contributed by atoms with E-state index in [4.69, 9.17) is 37.0 Å². The van der Waals surface area contributed by atoms with Gasteiger partial charge in [0.1, 0.15) is 19.3 Å². The molecule has 0 aromatic carbocycles. The molecule has 0 heterocycles. The molecule has 17 nitrogen and oxygen atoms in total. The van der Waals surface area contributed by atoms with Crippen LogP contribution in [0.2, 0.25) is 0 Å².